The molecule has 0 aliphatic rings. The van der Waals surface area contributed by atoms with E-state index in [0.717, 1.165) is 11.1 Å². The van der Waals surface area contributed by atoms with Gasteiger partial charge in [0, 0.05) is 6.54 Å². The van der Waals surface area contributed by atoms with Crippen molar-refractivity contribution in [2.24, 2.45) is 11.7 Å². The average Bonchev–Trinajstić information content (AvgIpc) is 2.71. The summed E-state index contributed by atoms with van der Waals surface area (Å²) in [5.41, 5.74) is 7.07. The number of nitrogens with one attached hydrogen (secondary N) is 2. The summed E-state index contributed by atoms with van der Waals surface area (Å²) in [5.74, 6) is -3.28. The molecule has 0 bridgehead atoms. The van der Waals surface area contributed by atoms with Gasteiger partial charge in [-0.05, 0) is 30.2 Å². The SMILES string of the molecule is CCOC(=O)[C@@H](CNC(=O)CN)C(=O)Nc1c(Cl)cc(-c2ccccc2)cc1Cl. The quantitative estimate of drug-likeness (QED) is 0.434. The van der Waals surface area contributed by atoms with Crippen LogP contribution in [0.4, 0.5) is 5.69 Å². The Morgan fingerprint density at radius 2 is 1.69 bits per heavy atom. The van der Waals surface area contributed by atoms with Crippen molar-refractivity contribution in [3.8, 4) is 11.1 Å². The molecule has 29 heavy (non-hydrogen) atoms. The number of rotatable bonds is 8. The third-order valence-corrected chi connectivity index (χ3v) is 4.57. The van der Waals surface area contributed by atoms with Crippen molar-refractivity contribution < 1.29 is 19.1 Å². The molecule has 2 aromatic rings. The molecule has 154 valence electrons. The van der Waals surface area contributed by atoms with Gasteiger partial charge in [0.15, 0.2) is 5.92 Å². The molecule has 0 radical (unpaired) electrons. The number of hydrogen-bond acceptors (Lipinski definition) is 5. The van der Waals surface area contributed by atoms with Crippen LogP contribution >= 0.6 is 23.2 Å². The van der Waals surface area contributed by atoms with E-state index in [1.165, 1.54) is 0 Å². The van der Waals surface area contributed by atoms with Crippen LogP contribution in [0.25, 0.3) is 11.1 Å². The van der Waals surface area contributed by atoms with Gasteiger partial charge in [0.05, 0.1) is 28.9 Å². The second kappa shape index (κ2) is 10.8. The monoisotopic (exact) mass is 437 g/mol. The van der Waals surface area contributed by atoms with Crippen molar-refractivity contribution in [1.29, 1.82) is 0 Å². The van der Waals surface area contributed by atoms with Crippen molar-refractivity contribution in [3.63, 3.8) is 0 Å². The zero-order valence-electron chi connectivity index (χ0n) is 15.7. The fraction of sp³-hybridized carbons (Fsp3) is 0.250. The van der Waals surface area contributed by atoms with Gasteiger partial charge in [-0.1, -0.05) is 53.5 Å². The second-order valence-corrected chi connectivity index (χ2v) is 6.80. The van der Waals surface area contributed by atoms with Crippen LogP contribution in [-0.2, 0) is 19.1 Å². The molecule has 0 aliphatic carbocycles. The Morgan fingerprint density at radius 3 is 2.24 bits per heavy atom. The van der Waals surface area contributed by atoms with Crippen molar-refractivity contribution in [2.45, 2.75) is 6.92 Å². The number of esters is 1. The van der Waals surface area contributed by atoms with Crippen LogP contribution in [0.5, 0.6) is 0 Å². The molecule has 0 saturated carbocycles. The average molecular weight is 438 g/mol. The van der Waals surface area contributed by atoms with Gasteiger partial charge in [0.2, 0.25) is 11.8 Å². The summed E-state index contributed by atoms with van der Waals surface area (Å²) in [5, 5.41) is 5.37. The molecule has 1 atom stereocenters. The molecule has 2 aromatic carbocycles. The van der Waals surface area contributed by atoms with Crippen molar-refractivity contribution in [1.82, 2.24) is 5.32 Å². The summed E-state index contributed by atoms with van der Waals surface area (Å²) in [6.45, 7) is 1.16. The van der Waals surface area contributed by atoms with Gasteiger partial charge in [0.1, 0.15) is 0 Å². The predicted octanol–water partition coefficient (Wildman–Crippen LogP) is 2.85. The molecule has 0 aromatic heterocycles. The smallest absolute Gasteiger partial charge is 0.320 e. The van der Waals surface area contributed by atoms with Crippen LogP contribution in [-0.4, -0.2) is 37.5 Å². The number of ether oxygens (including phenoxy) is 1. The molecule has 0 fully saturated rings. The van der Waals surface area contributed by atoms with E-state index in [2.05, 4.69) is 10.6 Å². The van der Waals surface area contributed by atoms with E-state index in [-0.39, 0.29) is 35.4 Å². The standard InChI is InChI=1S/C20H21Cl2N3O4/c1-2-29-20(28)14(11-24-17(26)10-23)19(27)25-18-15(21)8-13(9-16(18)22)12-6-4-3-5-7-12/h3-9,14H,2,10-11,23H2,1H3,(H,24,26)(H,25,27)/t14-/m0/s1. The Balaban J connectivity index is 2.23. The van der Waals surface area contributed by atoms with Gasteiger partial charge in [-0.25, -0.2) is 0 Å². The summed E-state index contributed by atoms with van der Waals surface area (Å²) >= 11 is 12.6. The fourth-order valence-electron chi connectivity index (χ4n) is 2.51. The molecular formula is C20H21Cl2N3O4. The first-order valence-electron chi connectivity index (χ1n) is 8.86. The lowest BCUT2D eigenvalue weighted by Gasteiger charge is -2.18. The number of anilines is 1. The van der Waals surface area contributed by atoms with Crippen LogP contribution in [0.1, 0.15) is 6.92 Å². The van der Waals surface area contributed by atoms with E-state index in [9.17, 15) is 14.4 Å². The zero-order valence-corrected chi connectivity index (χ0v) is 17.2. The van der Waals surface area contributed by atoms with Crippen molar-refractivity contribution >= 4 is 46.7 Å². The number of benzene rings is 2. The molecule has 0 aliphatic heterocycles. The van der Waals surface area contributed by atoms with Gasteiger partial charge < -0.3 is 21.1 Å². The molecule has 2 rings (SSSR count). The summed E-state index contributed by atoms with van der Waals surface area (Å²) in [6, 6.07) is 12.8. The molecule has 0 spiro atoms. The maximum Gasteiger partial charge on any atom is 0.320 e. The Kier molecular flexibility index (Phi) is 8.45. The number of amides is 2. The Bertz CT molecular complexity index is 868. The number of carbonyl (C=O) groups is 3. The highest BCUT2D eigenvalue weighted by Gasteiger charge is 2.29. The lowest BCUT2D eigenvalue weighted by atomic mass is 10.0. The molecule has 0 heterocycles. The third kappa shape index (κ3) is 6.19. The first kappa shape index (κ1) is 22.7. The molecule has 4 N–H and O–H groups in total. The van der Waals surface area contributed by atoms with E-state index in [4.69, 9.17) is 33.7 Å². The van der Waals surface area contributed by atoms with Crippen LogP contribution in [0.3, 0.4) is 0 Å². The van der Waals surface area contributed by atoms with Crippen LogP contribution < -0.4 is 16.4 Å². The Hall–Kier alpha value is -2.61. The molecule has 0 saturated heterocycles. The predicted molar refractivity (Wildman–Crippen MR) is 113 cm³/mol. The van der Waals surface area contributed by atoms with E-state index in [0.29, 0.717) is 0 Å². The highest BCUT2D eigenvalue weighted by atomic mass is 35.5. The van der Waals surface area contributed by atoms with Gasteiger partial charge >= 0.3 is 5.97 Å². The van der Waals surface area contributed by atoms with E-state index in [1.54, 1.807) is 19.1 Å². The van der Waals surface area contributed by atoms with E-state index >= 15 is 0 Å². The van der Waals surface area contributed by atoms with Crippen molar-refractivity contribution in [2.75, 3.05) is 25.0 Å². The Morgan fingerprint density at radius 1 is 1.07 bits per heavy atom. The molecular weight excluding hydrogens is 417 g/mol. The topological polar surface area (TPSA) is 111 Å². The minimum absolute atomic E-state index is 0.0841. The van der Waals surface area contributed by atoms with Gasteiger partial charge in [0.25, 0.3) is 0 Å². The van der Waals surface area contributed by atoms with Crippen LogP contribution in [0, 0.1) is 5.92 Å². The highest BCUT2D eigenvalue weighted by Crippen LogP contribution is 2.36. The third-order valence-electron chi connectivity index (χ3n) is 3.97. The summed E-state index contributed by atoms with van der Waals surface area (Å²) in [4.78, 5) is 36.2. The maximum atomic E-state index is 12.7. The first-order chi connectivity index (χ1) is 13.9. The fourth-order valence-corrected chi connectivity index (χ4v) is 3.10. The summed E-state index contributed by atoms with van der Waals surface area (Å²) in [6.07, 6.45) is 0. The lowest BCUT2D eigenvalue weighted by molar-refractivity contribution is -0.150. The lowest BCUT2D eigenvalue weighted by Crippen LogP contribution is -2.42. The van der Waals surface area contributed by atoms with Crippen molar-refractivity contribution in [3.05, 3.63) is 52.5 Å². The van der Waals surface area contributed by atoms with E-state index in [1.807, 2.05) is 30.3 Å². The summed E-state index contributed by atoms with van der Waals surface area (Å²) in [7, 11) is 0. The normalized spacial score (nSPS) is 11.4. The molecule has 2 amide bonds. The molecule has 9 heteroatoms. The minimum Gasteiger partial charge on any atom is -0.465 e. The number of carbonyl (C=O) groups excluding carboxylic acids is 3. The van der Waals surface area contributed by atoms with E-state index < -0.39 is 23.7 Å². The Labute approximate surface area is 178 Å². The maximum absolute atomic E-state index is 12.7. The van der Waals surface area contributed by atoms with Gasteiger partial charge in [-0.2, -0.15) is 0 Å². The molecule has 7 nitrogen and oxygen atoms in total. The zero-order chi connectivity index (χ0) is 21.4. The number of hydrogen-bond donors (Lipinski definition) is 3. The first-order valence-corrected chi connectivity index (χ1v) is 9.61. The molecule has 0 unspecified atom stereocenters. The van der Waals surface area contributed by atoms with Crippen LogP contribution in [0.15, 0.2) is 42.5 Å². The minimum atomic E-state index is -1.29. The largest absolute Gasteiger partial charge is 0.465 e. The number of halogens is 2. The summed E-state index contributed by atoms with van der Waals surface area (Å²) < 4.78 is 4.92. The number of nitrogens with two attached hydrogens (primary N) is 1. The highest BCUT2D eigenvalue weighted by molar-refractivity contribution is 6.40. The van der Waals surface area contributed by atoms with Gasteiger partial charge in [-0.15, -0.1) is 0 Å². The van der Waals surface area contributed by atoms with Crippen LogP contribution in [0.2, 0.25) is 10.0 Å². The second-order valence-electron chi connectivity index (χ2n) is 5.98. The van der Waals surface area contributed by atoms with Gasteiger partial charge in [-0.3, -0.25) is 14.4 Å².